The molecule has 0 radical (unpaired) electrons. The molecule has 2 aliphatic rings. The van der Waals surface area contributed by atoms with Crippen LogP contribution in [-0.4, -0.2) is 27.8 Å². The second-order valence-electron chi connectivity index (χ2n) is 6.45. The quantitative estimate of drug-likeness (QED) is 0.928. The molecule has 23 heavy (non-hydrogen) atoms. The van der Waals surface area contributed by atoms with Gasteiger partial charge in [-0.25, -0.2) is 9.97 Å². The van der Waals surface area contributed by atoms with Crippen molar-refractivity contribution in [2.24, 2.45) is 0 Å². The third-order valence-corrected chi connectivity index (χ3v) is 4.63. The van der Waals surface area contributed by atoms with Gasteiger partial charge < -0.3 is 14.6 Å². The molecule has 6 heteroatoms. The standard InChI is InChI=1S/C17H22N4O2/c1-11-9-15(23-21-11)13-10-18-17(19-12-5-2-3-6-12)20-16(13)14-7-4-8-22-14/h9-10,12,14H,2-8H2,1H3,(H,18,19,20). The highest BCUT2D eigenvalue weighted by molar-refractivity contribution is 5.61. The number of ether oxygens (including phenoxy) is 1. The molecule has 122 valence electrons. The lowest BCUT2D eigenvalue weighted by Crippen LogP contribution is -2.17. The fourth-order valence-electron chi connectivity index (χ4n) is 3.44. The van der Waals surface area contributed by atoms with Gasteiger partial charge in [-0.15, -0.1) is 0 Å². The second kappa shape index (κ2) is 6.28. The van der Waals surface area contributed by atoms with Gasteiger partial charge in [0.1, 0.15) is 6.10 Å². The monoisotopic (exact) mass is 314 g/mol. The molecule has 0 amide bonds. The average molecular weight is 314 g/mol. The zero-order valence-electron chi connectivity index (χ0n) is 13.4. The van der Waals surface area contributed by atoms with Crippen LogP contribution in [0.15, 0.2) is 16.8 Å². The van der Waals surface area contributed by atoms with Gasteiger partial charge in [0.15, 0.2) is 5.76 Å². The Morgan fingerprint density at radius 2 is 2.04 bits per heavy atom. The highest BCUT2D eigenvalue weighted by Gasteiger charge is 2.26. The molecule has 1 saturated carbocycles. The van der Waals surface area contributed by atoms with E-state index in [1.807, 2.05) is 19.2 Å². The number of aryl methyl sites for hydroxylation is 1. The van der Waals surface area contributed by atoms with Gasteiger partial charge in [-0.3, -0.25) is 0 Å². The number of hydrogen-bond donors (Lipinski definition) is 1. The Labute approximate surface area is 135 Å². The van der Waals surface area contributed by atoms with Crippen LogP contribution in [0.5, 0.6) is 0 Å². The van der Waals surface area contributed by atoms with Crippen LogP contribution in [0.2, 0.25) is 0 Å². The zero-order chi connectivity index (χ0) is 15.6. The van der Waals surface area contributed by atoms with Crippen molar-refractivity contribution in [2.45, 2.75) is 57.6 Å². The van der Waals surface area contributed by atoms with Gasteiger partial charge >= 0.3 is 0 Å². The molecule has 0 bridgehead atoms. The molecule has 4 rings (SSSR count). The van der Waals surface area contributed by atoms with Gasteiger partial charge in [-0.05, 0) is 32.6 Å². The summed E-state index contributed by atoms with van der Waals surface area (Å²) in [6.45, 7) is 2.70. The van der Waals surface area contributed by atoms with E-state index in [0.29, 0.717) is 17.8 Å². The molecule has 0 spiro atoms. The molecule has 3 heterocycles. The molecule has 1 unspecified atom stereocenters. The minimum Gasteiger partial charge on any atom is -0.372 e. The van der Waals surface area contributed by atoms with Crippen molar-refractivity contribution in [1.29, 1.82) is 0 Å². The van der Waals surface area contributed by atoms with Crippen molar-refractivity contribution in [3.05, 3.63) is 23.7 Å². The third kappa shape index (κ3) is 3.08. The number of anilines is 1. The lowest BCUT2D eigenvalue weighted by atomic mass is 10.1. The Morgan fingerprint density at radius 1 is 1.17 bits per heavy atom. The van der Waals surface area contributed by atoms with Crippen molar-refractivity contribution >= 4 is 5.95 Å². The van der Waals surface area contributed by atoms with E-state index < -0.39 is 0 Å². The first-order valence-corrected chi connectivity index (χ1v) is 8.48. The highest BCUT2D eigenvalue weighted by Crippen LogP contribution is 2.35. The van der Waals surface area contributed by atoms with Crippen LogP contribution in [0.25, 0.3) is 11.3 Å². The Bertz CT molecular complexity index is 673. The summed E-state index contributed by atoms with van der Waals surface area (Å²) in [5, 5.41) is 7.44. The first-order valence-electron chi connectivity index (χ1n) is 8.48. The molecule has 6 nitrogen and oxygen atoms in total. The lowest BCUT2D eigenvalue weighted by molar-refractivity contribution is 0.109. The normalized spacial score (nSPS) is 21.9. The van der Waals surface area contributed by atoms with Gasteiger partial charge in [0, 0.05) is 24.9 Å². The minimum atomic E-state index is 0.0162. The summed E-state index contributed by atoms with van der Waals surface area (Å²) in [6, 6.07) is 2.41. The summed E-state index contributed by atoms with van der Waals surface area (Å²) in [5.41, 5.74) is 2.65. The molecule has 2 aromatic rings. The molecule has 0 aromatic carbocycles. The number of nitrogens with zero attached hydrogens (tertiary/aromatic N) is 3. The minimum absolute atomic E-state index is 0.0162. The predicted octanol–water partition coefficient (Wildman–Crippen LogP) is 3.65. The third-order valence-electron chi connectivity index (χ3n) is 4.63. The van der Waals surface area contributed by atoms with Gasteiger partial charge in [-0.1, -0.05) is 18.0 Å². The van der Waals surface area contributed by atoms with Crippen LogP contribution in [0.3, 0.4) is 0 Å². The van der Waals surface area contributed by atoms with Gasteiger partial charge in [0.2, 0.25) is 5.95 Å². The van der Waals surface area contributed by atoms with E-state index in [4.69, 9.17) is 14.2 Å². The highest BCUT2D eigenvalue weighted by atomic mass is 16.5. The Balaban J connectivity index is 1.67. The zero-order valence-corrected chi connectivity index (χ0v) is 13.4. The van der Waals surface area contributed by atoms with Crippen LogP contribution in [0.4, 0.5) is 5.95 Å². The Kier molecular flexibility index (Phi) is 3.99. The maximum absolute atomic E-state index is 5.85. The summed E-state index contributed by atoms with van der Waals surface area (Å²) in [7, 11) is 0. The van der Waals surface area contributed by atoms with E-state index in [9.17, 15) is 0 Å². The summed E-state index contributed by atoms with van der Waals surface area (Å²) in [5.74, 6) is 1.41. The van der Waals surface area contributed by atoms with E-state index in [0.717, 1.165) is 36.4 Å². The molecule has 1 saturated heterocycles. The van der Waals surface area contributed by atoms with E-state index in [-0.39, 0.29) is 6.10 Å². The fourth-order valence-corrected chi connectivity index (χ4v) is 3.44. The smallest absolute Gasteiger partial charge is 0.223 e. The van der Waals surface area contributed by atoms with Crippen LogP contribution >= 0.6 is 0 Å². The van der Waals surface area contributed by atoms with E-state index in [1.54, 1.807) is 0 Å². The summed E-state index contributed by atoms with van der Waals surface area (Å²) in [6.07, 6.45) is 8.86. The van der Waals surface area contributed by atoms with Crippen LogP contribution < -0.4 is 5.32 Å². The predicted molar refractivity (Wildman–Crippen MR) is 86.1 cm³/mol. The van der Waals surface area contributed by atoms with Crippen molar-refractivity contribution in [2.75, 3.05) is 11.9 Å². The largest absolute Gasteiger partial charge is 0.372 e. The van der Waals surface area contributed by atoms with Gasteiger partial charge in [0.05, 0.1) is 17.0 Å². The van der Waals surface area contributed by atoms with E-state index >= 15 is 0 Å². The van der Waals surface area contributed by atoms with E-state index in [1.165, 1.54) is 25.7 Å². The lowest BCUT2D eigenvalue weighted by Gasteiger charge is -2.16. The summed E-state index contributed by atoms with van der Waals surface area (Å²) >= 11 is 0. The molecular weight excluding hydrogens is 292 g/mol. The van der Waals surface area contributed by atoms with Gasteiger partial charge in [0.25, 0.3) is 0 Å². The van der Waals surface area contributed by atoms with E-state index in [2.05, 4.69) is 15.5 Å². The first-order chi connectivity index (χ1) is 11.3. The molecule has 2 fully saturated rings. The number of nitrogens with one attached hydrogen (secondary N) is 1. The Morgan fingerprint density at radius 3 is 2.74 bits per heavy atom. The summed E-state index contributed by atoms with van der Waals surface area (Å²) in [4.78, 5) is 9.26. The van der Waals surface area contributed by atoms with Gasteiger partial charge in [-0.2, -0.15) is 0 Å². The first kappa shape index (κ1) is 14.6. The van der Waals surface area contributed by atoms with Crippen LogP contribution in [0, 0.1) is 6.92 Å². The van der Waals surface area contributed by atoms with Crippen molar-refractivity contribution in [3.63, 3.8) is 0 Å². The number of aromatic nitrogens is 3. The van der Waals surface area contributed by atoms with Crippen LogP contribution in [0.1, 0.15) is 56.0 Å². The maximum atomic E-state index is 5.85. The average Bonchev–Trinajstić information content (AvgIpc) is 3.29. The number of hydrogen-bond acceptors (Lipinski definition) is 6. The molecular formula is C17H22N4O2. The summed E-state index contributed by atoms with van der Waals surface area (Å²) < 4.78 is 11.3. The molecule has 1 N–H and O–H groups in total. The molecule has 2 aromatic heterocycles. The fraction of sp³-hybridized carbons (Fsp3) is 0.588. The maximum Gasteiger partial charge on any atom is 0.223 e. The molecule has 1 aliphatic carbocycles. The molecule has 1 aliphatic heterocycles. The van der Waals surface area contributed by atoms with Crippen molar-refractivity contribution in [1.82, 2.24) is 15.1 Å². The number of rotatable bonds is 4. The molecule has 1 atom stereocenters. The van der Waals surface area contributed by atoms with Crippen molar-refractivity contribution < 1.29 is 9.26 Å². The van der Waals surface area contributed by atoms with Crippen LogP contribution in [-0.2, 0) is 4.74 Å². The topological polar surface area (TPSA) is 73.1 Å². The SMILES string of the molecule is Cc1cc(-c2cnc(NC3CCCC3)nc2C2CCCO2)on1. The van der Waals surface area contributed by atoms with Crippen molar-refractivity contribution in [3.8, 4) is 11.3 Å². The Hall–Kier alpha value is -1.95. The second-order valence-corrected chi connectivity index (χ2v) is 6.45.